The lowest BCUT2D eigenvalue weighted by Crippen LogP contribution is -2.40. The highest BCUT2D eigenvalue weighted by molar-refractivity contribution is 8.00. The second-order valence-corrected chi connectivity index (χ2v) is 6.83. The van der Waals surface area contributed by atoms with E-state index in [1.807, 2.05) is 25.6 Å². The maximum Gasteiger partial charge on any atom is 0.343 e. The van der Waals surface area contributed by atoms with Gasteiger partial charge in [0.25, 0.3) is 0 Å². The number of nitrogens with zero attached hydrogens (tertiary/aromatic N) is 1. The van der Waals surface area contributed by atoms with E-state index in [0.717, 1.165) is 17.2 Å². The van der Waals surface area contributed by atoms with Crippen LogP contribution in [0.1, 0.15) is 42.2 Å². The minimum atomic E-state index is -0.275. The summed E-state index contributed by atoms with van der Waals surface area (Å²) in [6.45, 7) is 4.95. The normalized spacial score (nSPS) is 16.8. The number of hydrogen-bond acceptors (Lipinski definition) is 6. The van der Waals surface area contributed by atoms with Crippen LogP contribution < -0.4 is 5.32 Å². The largest absolute Gasteiger partial charge is 0.462 e. The lowest BCUT2D eigenvalue weighted by atomic mass is 9.84. The van der Waals surface area contributed by atoms with Crippen molar-refractivity contribution in [3.63, 3.8) is 0 Å². The molecular weight excluding hydrogens is 280 g/mol. The van der Waals surface area contributed by atoms with Crippen molar-refractivity contribution in [2.45, 2.75) is 37.9 Å². The molecule has 0 spiro atoms. The third-order valence-corrected chi connectivity index (χ3v) is 5.93. The van der Waals surface area contributed by atoms with Crippen LogP contribution in [-0.4, -0.2) is 34.5 Å². The molecule has 0 aliphatic heterocycles. The monoisotopic (exact) mass is 300 g/mol. The predicted molar refractivity (Wildman–Crippen MR) is 81.4 cm³/mol. The number of anilines is 1. The molecule has 6 heteroatoms. The Balaban J connectivity index is 2.06. The van der Waals surface area contributed by atoms with E-state index in [-0.39, 0.29) is 5.97 Å². The molecule has 0 unspecified atom stereocenters. The molecule has 0 bridgehead atoms. The zero-order valence-corrected chi connectivity index (χ0v) is 13.2. The SMILES string of the molecule is CCOC(=O)c1c(C)nsc1NCC1(SC)CCC1. The average Bonchev–Trinajstić information content (AvgIpc) is 2.70. The van der Waals surface area contributed by atoms with Crippen molar-refractivity contribution >= 4 is 34.3 Å². The van der Waals surface area contributed by atoms with Gasteiger partial charge >= 0.3 is 5.97 Å². The number of nitrogens with one attached hydrogen (secondary N) is 1. The lowest BCUT2D eigenvalue weighted by molar-refractivity contribution is 0.0527. The van der Waals surface area contributed by atoms with Crippen molar-refractivity contribution in [3.05, 3.63) is 11.3 Å². The van der Waals surface area contributed by atoms with Gasteiger partial charge in [-0.1, -0.05) is 6.42 Å². The molecule has 19 heavy (non-hydrogen) atoms. The third-order valence-electron chi connectivity index (χ3n) is 3.61. The summed E-state index contributed by atoms with van der Waals surface area (Å²) in [6, 6.07) is 0. The Labute approximate surface area is 122 Å². The van der Waals surface area contributed by atoms with Crippen molar-refractivity contribution in [1.82, 2.24) is 4.37 Å². The molecule has 0 aromatic carbocycles. The maximum absolute atomic E-state index is 11.9. The van der Waals surface area contributed by atoms with Crippen molar-refractivity contribution in [1.29, 1.82) is 0 Å². The highest BCUT2D eigenvalue weighted by Gasteiger charge is 2.36. The van der Waals surface area contributed by atoms with Crippen LogP contribution in [0, 0.1) is 6.92 Å². The van der Waals surface area contributed by atoms with Crippen LogP contribution >= 0.6 is 23.3 Å². The first-order valence-electron chi connectivity index (χ1n) is 6.54. The number of carbonyl (C=O) groups is 1. The fourth-order valence-electron chi connectivity index (χ4n) is 2.20. The molecule has 1 aliphatic rings. The van der Waals surface area contributed by atoms with Crippen molar-refractivity contribution in [2.75, 3.05) is 24.7 Å². The Bertz CT molecular complexity index is 450. The zero-order chi connectivity index (χ0) is 13.9. The van der Waals surface area contributed by atoms with E-state index >= 15 is 0 Å². The molecule has 1 aliphatic carbocycles. The summed E-state index contributed by atoms with van der Waals surface area (Å²) < 4.78 is 9.69. The standard InChI is InChI=1S/C13H20N2O2S2/c1-4-17-12(16)10-9(2)15-19-11(10)14-8-13(18-3)6-5-7-13/h14H,4-8H2,1-3H3. The molecule has 2 rings (SSSR count). The number of carbonyl (C=O) groups excluding carboxylic acids is 1. The highest BCUT2D eigenvalue weighted by atomic mass is 32.2. The van der Waals surface area contributed by atoms with Crippen LogP contribution in [-0.2, 0) is 4.74 Å². The zero-order valence-electron chi connectivity index (χ0n) is 11.6. The molecule has 1 heterocycles. The van der Waals surface area contributed by atoms with Gasteiger partial charge in [-0.25, -0.2) is 4.79 Å². The summed E-state index contributed by atoms with van der Waals surface area (Å²) in [7, 11) is 0. The van der Waals surface area contributed by atoms with Crippen LogP contribution in [0.25, 0.3) is 0 Å². The number of ether oxygens (including phenoxy) is 1. The molecule has 1 aromatic heterocycles. The summed E-state index contributed by atoms with van der Waals surface area (Å²) in [4.78, 5) is 11.9. The van der Waals surface area contributed by atoms with Crippen LogP contribution in [0.2, 0.25) is 0 Å². The van der Waals surface area contributed by atoms with Gasteiger partial charge in [-0.2, -0.15) is 16.1 Å². The van der Waals surface area contributed by atoms with Crippen molar-refractivity contribution in [2.24, 2.45) is 0 Å². The number of aryl methyl sites for hydroxylation is 1. The number of hydrogen-bond donors (Lipinski definition) is 1. The third kappa shape index (κ3) is 3.05. The van der Waals surface area contributed by atoms with Crippen LogP contribution in [0.3, 0.4) is 0 Å². The second kappa shape index (κ2) is 6.13. The molecule has 1 fully saturated rings. The quantitative estimate of drug-likeness (QED) is 0.817. The van der Waals surface area contributed by atoms with E-state index < -0.39 is 0 Å². The first-order chi connectivity index (χ1) is 9.12. The summed E-state index contributed by atoms with van der Waals surface area (Å²) in [5, 5.41) is 4.25. The molecule has 0 atom stereocenters. The van der Waals surface area contributed by atoms with E-state index in [9.17, 15) is 4.79 Å². The minimum absolute atomic E-state index is 0.275. The van der Waals surface area contributed by atoms with Gasteiger partial charge in [0.1, 0.15) is 10.6 Å². The first-order valence-corrected chi connectivity index (χ1v) is 8.54. The van der Waals surface area contributed by atoms with E-state index in [1.54, 1.807) is 0 Å². The number of thioether (sulfide) groups is 1. The molecule has 106 valence electrons. The molecule has 0 amide bonds. The molecule has 1 aromatic rings. The molecule has 1 saturated carbocycles. The number of aromatic nitrogens is 1. The van der Waals surface area contributed by atoms with Gasteiger partial charge in [-0.05, 0) is 44.5 Å². The van der Waals surface area contributed by atoms with Gasteiger partial charge in [0.15, 0.2) is 0 Å². The topological polar surface area (TPSA) is 51.2 Å². The van der Waals surface area contributed by atoms with E-state index in [0.29, 0.717) is 16.9 Å². The van der Waals surface area contributed by atoms with Gasteiger partial charge in [-0.15, -0.1) is 0 Å². The smallest absolute Gasteiger partial charge is 0.343 e. The number of rotatable bonds is 6. The summed E-state index contributed by atoms with van der Waals surface area (Å²) in [6.07, 6.45) is 5.95. The summed E-state index contributed by atoms with van der Waals surface area (Å²) >= 11 is 3.26. The minimum Gasteiger partial charge on any atom is -0.462 e. The molecule has 1 N–H and O–H groups in total. The van der Waals surface area contributed by atoms with Crippen LogP contribution in [0.15, 0.2) is 0 Å². The van der Waals surface area contributed by atoms with Gasteiger partial charge in [-0.3, -0.25) is 0 Å². The average molecular weight is 300 g/mol. The summed E-state index contributed by atoms with van der Waals surface area (Å²) in [5.41, 5.74) is 1.35. The summed E-state index contributed by atoms with van der Waals surface area (Å²) in [5.74, 6) is -0.275. The Morgan fingerprint density at radius 1 is 1.58 bits per heavy atom. The van der Waals surface area contributed by atoms with Crippen LogP contribution in [0.4, 0.5) is 5.00 Å². The molecule has 0 saturated heterocycles. The van der Waals surface area contributed by atoms with Crippen LogP contribution in [0.5, 0.6) is 0 Å². The van der Waals surface area contributed by atoms with Gasteiger partial charge < -0.3 is 10.1 Å². The lowest BCUT2D eigenvalue weighted by Gasteiger charge is -2.40. The number of esters is 1. The maximum atomic E-state index is 11.9. The van der Waals surface area contributed by atoms with Gasteiger partial charge in [0.05, 0.1) is 12.3 Å². The fraction of sp³-hybridized carbons (Fsp3) is 0.692. The van der Waals surface area contributed by atoms with Crippen molar-refractivity contribution in [3.8, 4) is 0 Å². The molecular formula is C13H20N2O2S2. The predicted octanol–water partition coefficient (Wildman–Crippen LogP) is 3.33. The Morgan fingerprint density at radius 2 is 2.32 bits per heavy atom. The molecule has 0 radical (unpaired) electrons. The van der Waals surface area contributed by atoms with Gasteiger partial charge in [0, 0.05) is 11.3 Å². The Kier molecular flexibility index (Phi) is 4.73. The van der Waals surface area contributed by atoms with E-state index in [1.165, 1.54) is 30.8 Å². The molecule has 4 nitrogen and oxygen atoms in total. The van der Waals surface area contributed by atoms with Gasteiger partial charge in [0.2, 0.25) is 0 Å². The Hall–Kier alpha value is -0.750. The Morgan fingerprint density at radius 3 is 2.84 bits per heavy atom. The highest BCUT2D eigenvalue weighted by Crippen LogP contribution is 2.43. The van der Waals surface area contributed by atoms with E-state index in [2.05, 4.69) is 15.9 Å². The first kappa shape index (κ1) is 14.7. The fourth-order valence-corrected chi connectivity index (χ4v) is 3.89. The van der Waals surface area contributed by atoms with E-state index in [4.69, 9.17) is 4.74 Å². The van der Waals surface area contributed by atoms with Crippen molar-refractivity contribution < 1.29 is 9.53 Å². The second-order valence-electron chi connectivity index (χ2n) is 4.79.